The Morgan fingerprint density at radius 1 is 1.39 bits per heavy atom. The molecule has 1 aliphatic heterocycles. The summed E-state index contributed by atoms with van der Waals surface area (Å²) in [6.45, 7) is 5.95. The summed E-state index contributed by atoms with van der Waals surface area (Å²) in [6.07, 6.45) is 0. The van der Waals surface area contributed by atoms with Gasteiger partial charge in [-0.3, -0.25) is 9.59 Å². The van der Waals surface area contributed by atoms with Gasteiger partial charge in [0.05, 0.1) is 9.75 Å². The Morgan fingerprint density at radius 2 is 2.06 bits per heavy atom. The summed E-state index contributed by atoms with van der Waals surface area (Å²) in [4.78, 5) is 26.6. The summed E-state index contributed by atoms with van der Waals surface area (Å²) in [5.41, 5.74) is 0. The third kappa shape index (κ3) is 3.10. The monoisotopic (exact) mass is 288 g/mol. The van der Waals surface area contributed by atoms with E-state index in [-0.39, 0.29) is 30.1 Å². The van der Waals surface area contributed by atoms with Crippen molar-refractivity contribution in [3.8, 4) is 0 Å². The molecule has 0 bridgehead atoms. The quantitative estimate of drug-likeness (QED) is 0.845. The zero-order valence-corrected chi connectivity index (χ0v) is 12.1. The summed E-state index contributed by atoms with van der Waals surface area (Å²) < 4.78 is 0. The molecular formula is C12H17ClN2O2S. The Hall–Kier alpha value is -0.910. The van der Waals surface area contributed by atoms with Crippen LogP contribution in [0.15, 0.2) is 12.1 Å². The van der Waals surface area contributed by atoms with E-state index in [0.717, 1.165) is 19.6 Å². The van der Waals surface area contributed by atoms with E-state index in [4.69, 9.17) is 0 Å². The van der Waals surface area contributed by atoms with Crippen molar-refractivity contribution in [2.24, 2.45) is 0 Å². The van der Waals surface area contributed by atoms with Crippen LogP contribution in [-0.2, 0) is 0 Å². The molecule has 0 radical (unpaired) electrons. The lowest BCUT2D eigenvalue weighted by molar-refractivity contribution is 0.0660. The van der Waals surface area contributed by atoms with Crippen LogP contribution in [0.2, 0.25) is 0 Å². The van der Waals surface area contributed by atoms with Crippen molar-refractivity contribution in [1.29, 1.82) is 0 Å². The molecule has 2 rings (SSSR count). The molecule has 0 aromatic carbocycles. The Balaban J connectivity index is 0.00000162. The highest BCUT2D eigenvalue weighted by Gasteiger charge is 2.25. The fourth-order valence-corrected chi connectivity index (χ4v) is 2.78. The molecule has 1 aromatic rings. The molecule has 0 aliphatic carbocycles. The normalized spacial score (nSPS) is 19.2. The number of carbonyl (C=O) groups excluding carboxylic acids is 2. The lowest BCUT2D eigenvalue weighted by Gasteiger charge is -2.33. The zero-order valence-electron chi connectivity index (χ0n) is 10.4. The number of nitrogens with one attached hydrogen (secondary N) is 1. The van der Waals surface area contributed by atoms with Crippen LogP contribution in [0.25, 0.3) is 0 Å². The second-order valence-electron chi connectivity index (χ2n) is 4.27. The average Bonchev–Trinajstić information content (AvgIpc) is 2.78. The molecule has 1 saturated heterocycles. The van der Waals surface area contributed by atoms with Crippen LogP contribution in [0.5, 0.6) is 0 Å². The molecule has 0 saturated carbocycles. The predicted molar refractivity (Wildman–Crippen MR) is 74.9 cm³/mol. The van der Waals surface area contributed by atoms with Gasteiger partial charge >= 0.3 is 0 Å². The first-order valence-corrected chi connectivity index (χ1v) is 6.53. The van der Waals surface area contributed by atoms with Crippen LogP contribution < -0.4 is 5.32 Å². The number of ketones is 1. The van der Waals surface area contributed by atoms with Crippen LogP contribution in [0, 0.1) is 0 Å². The number of carbonyl (C=O) groups is 2. The summed E-state index contributed by atoms with van der Waals surface area (Å²) in [6, 6.07) is 3.69. The zero-order chi connectivity index (χ0) is 12.4. The highest BCUT2D eigenvalue weighted by Crippen LogP contribution is 2.20. The fraction of sp³-hybridized carbons (Fsp3) is 0.500. The number of hydrogen-bond acceptors (Lipinski definition) is 4. The van der Waals surface area contributed by atoms with E-state index in [0.29, 0.717) is 9.75 Å². The van der Waals surface area contributed by atoms with Crippen LogP contribution in [-0.4, -0.2) is 42.3 Å². The second kappa shape index (κ2) is 6.31. The fourth-order valence-electron chi connectivity index (χ4n) is 1.93. The molecule has 2 heterocycles. The molecule has 0 spiro atoms. The molecule has 1 N–H and O–H groups in total. The van der Waals surface area contributed by atoms with E-state index in [2.05, 4.69) is 5.32 Å². The maximum Gasteiger partial charge on any atom is 0.264 e. The number of hydrogen-bond donors (Lipinski definition) is 1. The number of amides is 1. The van der Waals surface area contributed by atoms with E-state index >= 15 is 0 Å². The Kier molecular flexibility index (Phi) is 5.31. The van der Waals surface area contributed by atoms with Crippen molar-refractivity contribution in [2.45, 2.75) is 19.9 Å². The maximum atomic E-state index is 12.2. The topological polar surface area (TPSA) is 49.4 Å². The van der Waals surface area contributed by atoms with Crippen LogP contribution in [0.4, 0.5) is 0 Å². The lowest BCUT2D eigenvalue weighted by atomic mass is 10.2. The summed E-state index contributed by atoms with van der Waals surface area (Å²) >= 11 is 1.28. The third-order valence-electron chi connectivity index (χ3n) is 2.93. The summed E-state index contributed by atoms with van der Waals surface area (Å²) in [5.74, 6) is 0.0545. The first-order chi connectivity index (χ1) is 8.09. The van der Waals surface area contributed by atoms with Crippen LogP contribution >= 0.6 is 23.7 Å². The number of halogens is 1. The highest BCUT2D eigenvalue weighted by atomic mass is 35.5. The van der Waals surface area contributed by atoms with Gasteiger partial charge in [0.15, 0.2) is 5.78 Å². The molecule has 1 fully saturated rings. The average molecular weight is 289 g/mol. The van der Waals surface area contributed by atoms with Crippen molar-refractivity contribution < 1.29 is 9.59 Å². The number of piperazine rings is 1. The minimum absolute atomic E-state index is 0. The Bertz CT molecular complexity index is 447. The van der Waals surface area contributed by atoms with Crippen LogP contribution in [0.1, 0.15) is 33.2 Å². The van der Waals surface area contributed by atoms with Gasteiger partial charge in [0.1, 0.15) is 0 Å². The number of nitrogens with zero attached hydrogens (tertiary/aromatic N) is 1. The van der Waals surface area contributed by atoms with Crippen molar-refractivity contribution in [3.05, 3.63) is 21.9 Å². The lowest BCUT2D eigenvalue weighted by Crippen LogP contribution is -2.52. The van der Waals surface area contributed by atoms with Crippen LogP contribution in [0.3, 0.4) is 0 Å². The van der Waals surface area contributed by atoms with Gasteiger partial charge in [-0.2, -0.15) is 0 Å². The molecule has 18 heavy (non-hydrogen) atoms. The molecule has 1 amide bonds. The maximum absolute atomic E-state index is 12.2. The number of thiophene rings is 1. The van der Waals surface area contributed by atoms with Crippen molar-refractivity contribution in [1.82, 2.24) is 10.2 Å². The van der Waals surface area contributed by atoms with Gasteiger partial charge in [-0.25, -0.2) is 0 Å². The molecule has 1 aliphatic rings. The van der Waals surface area contributed by atoms with Gasteiger partial charge in [-0.1, -0.05) is 0 Å². The van der Waals surface area contributed by atoms with Gasteiger partial charge < -0.3 is 10.2 Å². The van der Waals surface area contributed by atoms with Gasteiger partial charge in [0.2, 0.25) is 0 Å². The van der Waals surface area contributed by atoms with Gasteiger partial charge in [-0.05, 0) is 26.0 Å². The van der Waals surface area contributed by atoms with E-state index in [1.54, 1.807) is 12.1 Å². The van der Waals surface area contributed by atoms with Crippen molar-refractivity contribution >= 4 is 35.4 Å². The molecule has 1 aromatic heterocycles. The molecule has 4 nitrogen and oxygen atoms in total. The summed E-state index contributed by atoms with van der Waals surface area (Å²) in [5, 5.41) is 3.25. The minimum Gasteiger partial charge on any atom is -0.333 e. The van der Waals surface area contributed by atoms with E-state index in [1.807, 2.05) is 11.8 Å². The number of Topliss-reactive ketones (excluding diaryl/α,β-unsaturated/α-hetero) is 1. The number of rotatable bonds is 2. The minimum atomic E-state index is 0. The smallest absolute Gasteiger partial charge is 0.264 e. The molecule has 6 heteroatoms. The summed E-state index contributed by atoms with van der Waals surface area (Å²) in [7, 11) is 0. The SMILES string of the molecule is CC(=O)c1ccc(C(=O)N2CCNC[C@@H]2C)s1.Cl. The third-order valence-corrected chi connectivity index (χ3v) is 4.10. The largest absolute Gasteiger partial charge is 0.333 e. The van der Waals surface area contributed by atoms with Gasteiger partial charge in [0, 0.05) is 25.7 Å². The van der Waals surface area contributed by atoms with E-state index in [9.17, 15) is 9.59 Å². The molecule has 100 valence electrons. The van der Waals surface area contributed by atoms with Crippen molar-refractivity contribution in [3.63, 3.8) is 0 Å². The highest BCUT2D eigenvalue weighted by molar-refractivity contribution is 7.15. The van der Waals surface area contributed by atoms with E-state index < -0.39 is 0 Å². The van der Waals surface area contributed by atoms with Gasteiger partial charge in [-0.15, -0.1) is 23.7 Å². The standard InChI is InChI=1S/C12H16N2O2S.ClH/c1-8-7-13-5-6-14(8)12(16)11-4-3-10(17-11)9(2)15;/h3-4,8,13H,5-7H2,1-2H3;1H/t8-;/m0./s1. The van der Waals surface area contributed by atoms with E-state index in [1.165, 1.54) is 18.3 Å². The molecule has 1 atom stereocenters. The predicted octanol–water partition coefficient (Wildman–Crippen LogP) is 1.81. The first kappa shape index (κ1) is 15.1. The molecular weight excluding hydrogens is 272 g/mol. The second-order valence-corrected chi connectivity index (χ2v) is 5.36. The Labute approximate surface area is 117 Å². The van der Waals surface area contributed by atoms with Crippen molar-refractivity contribution in [2.75, 3.05) is 19.6 Å². The molecule has 0 unspecified atom stereocenters. The first-order valence-electron chi connectivity index (χ1n) is 5.72. The Morgan fingerprint density at radius 3 is 2.61 bits per heavy atom. The van der Waals surface area contributed by atoms with Gasteiger partial charge in [0.25, 0.3) is 5.91 Å².